The molecule has 101 heavy (non-hydrogen) atoms. The van der Waals surface area contributed by atoms with E-state index < -0.39 is 71.4 Å². The zero-order valence-electron chi connectivity index (χ0n) is 62.5. The molecule has 0 aliphatic carbocycles. The Labute approximate surface area is 602 Å². The number of amides is 2. The average Bonchev–Trinajstić information content (AvgIpc) is 0.925. The molecule has 4 atom stereocenters. The fraction of sp³-hybridized carbons (Fsp3) is 0.757. The number of rotatable bonds is 53. The standard InChI is InChI=1S/C21H42N2O8.C16H34N2O6.C11H22N2O4.C11H4.C6H14N2O2.C5H10O3/c1-21(2,3)31-20(26)22-9-7-6-8-18(19(24)25)23(10-12-29-16-14-27-4)11-13-30-17-15-28-5;1-21-11-13-23-9-7-18(8-10-24-14-12-22-2)15(16(19)20)5-3-4-6-17;1-11(2,3)17-10(16)13-7-5-4-6-8(12)9(14)15;1-3-5-7-9-11-10-8-6-4-2;7-4-2-1-3-5(8)6(9)10;1-7-4-5-8-3-2-6/h18H,6-17H2,1-5H3,(H,22,26)(H,24,25);15H,3-14,17H2,1-2H3,(H,19,20);8H,4-7,12H2,1-3H3,(H,13,16)(H,14,15);1H,2H3;5H,1-4,7-8H2,(H,9,10);2H,3-5H2,1H3/t18-;15-;8-;;5-;/m000.0./s1. The summed E-state index contributed by atoms with van der Waals surface area (Å²) >= 11 is 0. The highest BCUT2D eigenvalue weighted by molar-refractivity contribution is 5.74. The second kappa shape index (κ2) is 79.0. The first-order valence-corrected chi connectivity index (χ1v) is 33.5. The lowest BCUT2D eigenvalue weighted by molar-refractivity contribution is -0.145. The molecule has 0 bridgehead atoms. The zero-order chi connectivity index (χ0) is 77.6. The summed E-state index contributed by atoms with van der Waals surface area (Å²) < 4.78 is 61.3. The van der Waals surface area contributed by atoms with Crippen molar-refractivity contribution in [2.45, 2.75) is 161 Å². The van der Waals surface area contributed by atoms with Crippen molar-refractivity contribution >= 4 is 42.3 Å². The van der Waals surface area contributed by atoms with E-state index in [1.165, 1.54) is 0 Å². The highest BCUT2D eigenvalue weighted by Gasteiger charge is 2.27. The van der Waals surface area contributed by atoms with Gasteiger partial charge >= 0.3 is 36.1 Å². The van der Waals surface area contributed by atoms with E-state index in [9.17, 15) is 43.8 Å². The predicted octanol–water partition coefficient (Wildman–Crippen LogP) is 3.08. The number of terminal acetylenes is 1. The smallest absolute Gasteiger partial charge is 0.407 e. The first kappa shape index (κ1) is 105. The fourth-order valence-corrected chi connectivity index (χ4v) is 7.20. The molecular weight excluding hydrogens is 1320 g/mol. The second-order valence-corrected chi connectivity index (χ2v) is 23.0. The highest BCUT2D eigenvalue weighted by atomic mass is 16.6. The number of unbranched alkanes of at least 4 members (excludes halogenated alkanes) is 4. The van der Waals surface area contributed by atoms with E-state index in [4.69, 9.17) is 91.7 Å². The molecule has 0 aliphatic heterocycles. The Balaban J connectivity index is -0.000000286. The number of nitrogens with two attached hydrogens (primary N) is 4. The number of aldehydes is 1. The topological polar surface area (TPSA) is 446 Å². The Morgan fingerprint density at radius 2 is 0.733 bits per heavy atom. The molecule has 0 fully saturated rings. The predicted molar refractivity (Wildman–Crippen MR) is 384 cm³/mol. The first-order chi connectivity index (χ1) is 48.1. The molecule has 0 heterocycles. The Bertz CT molecular complexity index is 2320. The number of carboxylic acid groups (broad SMARTS) is 4. The lowest BCUT2D eigenvalue weighted by atomic mass is 10.1. The van der Waals surface area contributed by atoms with Crippen LogP contribution in [0.1, 0.15) is 126 Å². The molecule has 584 valence electrons. The average molecular weight is 1450 g/mol. The maximum Gasteiger partial charge on any atom is 0.407 e. The van der Waals surface area contributed by atoms with Gasteiger partial charge in [-0.25, -0.2) is 9.59 Å². The van der Waals surface area contributed by atoms with Crippen molar-refractivity contribution in [2.24, 2.45) is 22.9 Å². The van der Waals surface area contributed by atoms with Crippen LogP contribution in [-0.2, 0) is 80.8 Å². The summed E-state index contributed by atoms with van der Waals surface area (Å²) in [5, 5.41) is 41.4. The number of hydrogen-bond acceptors (Lipinski definition) is 25. The molecule has 2 amide bonds. The minimum Gasteiger partial charge on any atom is -0.480 e. The maximum atomic E-state index is 11.9. The molecule has 31 nitrogen and oxygen atoms in total. The van der Waals surface area contributed by atoms with Gasteiger partial charge in [-0.15, -0.1) is 6.42 Å². The summed E-state index contributed by atoms with van der Waals surface area (Å²) in [7, 11) is 8.02. The lowest BCUT2D eigenvalue weighted by Crippen LogP contribution is -2.45. The van der Waals surface area contributed by atoms with Gasteiger partial charge < -0.3 is 116 Å². The molecule has 0 radical (unpaired) electrons. The second-order valence-electron chi connectivity index (χ2n) is 23.0. The number of aliphatic carboxylic acids is 4. The molecule has 31 heteroatoms. The lowest BCUT2D eigenvalue weighted by Gasteiger charge is -2.29. The van der Waals surface area contributed by atoms with Gasteiger partial charge in [0.1, 0.15) is 48.3 Å². The number of hydrogen-bond donors (Lipinski definition) is 10. The molecule has 14 N–H and O–H groups in total. The van der Waals surface area contributed by atoms with Crippen molar-refractivity contribution in [3.05, 3.63) is 0 Å². The van der Waals surface area contributed by atoms with Crippen LogP contribution in [0.15, 0.2) is 0 Å². The first-order valence-electron chi connectivity index (χ1n) is 33.5. The number of nitrogens with zero attached hydrogens (tertiary/aromatic N) is 2. The molecule has 0 aromatic carbocycles. The third-order valence-corrected chi connectivity index (χ3v) is 12.2. The Hall–Kier alpha value is -6.75. The van der Waals surface area contributed by atoms with Crippen molar-refractivity contribution in [1.29, 1.82) is 0 Å². The number of alkyl carbamates (subject to hydrolysis) is 2. The Morgan fingerprint density at radius 1 is 0.436 bits per heavy atom. The monoisotopic (exact) mass is 1450 g/mol. The van der Waals surface area contributed by atoms with Crippen LogP contribution in [-0.4, -0.2) is 295 Å². The Morgan fingerprint density at radius 3 is 1.01 bits per heavy atom. The van der Waals surface area contributed by atoms with Gasteiger partial charge in [0, 0.05) is 74.8 Å². The number of nitrogens with one attached hydrogen (secondary N) is 2. The number of carboxylic acids is 4. The number of carbonyl (C=O) groups excluding carboxylic acids is 3. The van der Waals surface area contributed by atoms with Gasteiger partial charge in [0.2, 0.25) is 0 Å². The molecule has 0 unspecified atom stereocenters. The minimum atomic E-state index is -0.995. The molecule has 0 rings (SSSR count). The zero-order valence-corrected chi connectivity index (χ0v) is 62.5. The quantitative estimate of drug-likeness (QED) is 0.0238. The van der Waals surface area contributed by atoms with Crippen molar-refractivity contribution in [1.82, 2.24) is 20.4 Å². The number of carbonyl (C=O) groups is 7. The molecule has 0 saturated heterocycles. The number of methoxy groups -OCH3 is 5. The summed E-state index contributed by atoms with van der Waals surface area (Å²) in [6.07, 6.45) is 12.5. The van der Waals surface area contributed by atoms with Gasteiger partial charge in [0.05, 0.1) is 92.5 Å². The van der Waals surface area contributed by atoms with Gasteiger partial charge in [-0.3, -0.25) is 29.0 Å². The Kier molecular flexibility index (Phi) is 82.3. The van der Waals surface area contributed by atoms with Crippen molar-refractivity contribution in [3.63, 3.8) is 0 Å². The highest BCUT2D eigenvalue weighted by Crippen LogP contribution is 2.13. The van der Waals surface area contributed by atoms with Crippen LogP contribution in [0.3, 0.4) is 0 Å². The van der Waals surface area contributed by atoms with Crippen LogP contribution >= 0.6 is 0 Å². The van der Waals surface area contributed by atoms with Gasteiger partial charge in [-0.2, -0.15) is 0 Å². The van der Waals surface area contributed by atoms with Crippen LogP contribution < -0.4 is 33.6 Å². The fourth-order valence-electron chi connectivity index (χ4n) is 7.20. The van der Waals surface area contributed by atoms with Crippen molar-refractivity contribution in [3.8, 4) is 59.7 Å². The summed E-state index contributed by atoms with van der Waals surface area (Å²) in [5.74, 6) is 18.3. The minimum absolute atomic E-state index is 0.170. The van der Waals surface area contributed by atoms with Crippen LogP contribution in [0.5, 0.6) is 0 Å². The molecule has 0 aromatic heterocycles. The summed E-state index contributed by atoms with van der Waals surface area (Å²) in [6, 6.07) is -2.74. The van der Waals surface area contributed by atoms with Crippen LogP contribution in [0.4, 0.5) is 9.59 Å². The normalized spacial score (nSPS) is 11.5. The van der Waals surface area contributed by atoms with E-state index in [0.717, 1.165) is 32.0 Å². The van der Waals surface area contributed by atoms with E-state index in [1.807, 2.05) is 9.80 Å². The van der Waals surface area contributed by atoms with Crippen LogP contribution in [0.25, 0.3) is 0 Å². The summed E-state index contributed by atoms with van der Waals surface area (Å²) in [4.78, 5) is 80.3. The molecular formula is C70H126N8O23. The SMILES string of the molecule is C#CC#CC#CC#CC#CC.CC(C)(C)OC(=O)NCCCC[C@H](N)C(=O)O.COCCOCC=O.COCCOCCN(CCOCCOC)[C@@H](CCCCN)C(=O)O.COCCOCCN(CCOCCOC)[C@@H](CCCCNC(=O)OC(C)(C)C)C(=O)O.NCCCC[C@H](N)C(=O)O. The summed E-state index contributed by atoms with van der Waals surface area (Å²) in [5.41, 5.74) is 20.2. The molecule has 0 aliphatic rings. The van der Waals surface area contributed by atoms with Gasteiger partial charge in [-0.1, -0.05) is 18.8 Å². The largest absolute Gasteiger partial charge is 0.480 e. The van der Waals surface area contributed by atoms with E-state index in [1.54, 1.807) is 84.0 Å². The van der Waals surface area contributed by atoms with Crippen LogP contribution in [0, 0.1) is 59.7 Å². The molecule has 0 saturated carbocycles. The van der Waals surface area contributed by atoms with E-state index >= 15 is 0 Å². The third-order valence-electron chi connectivity index (χ3n) is 12.2. The van der Waals surface area contributed by atoms with Gasteiger partial charge in [0.15, 0.2) is 0 Å². The van der Waals surface area contributed by atoms with Crippen molar-refractivity contribution in [2.75, 3.05) is 187 Å². The molecule has 0 spiro atoms. The number of ether oxygens (including phenoxy) is 12. The molecule has 0 aromatic rings. The van der Waals surface area contributed by atoms with Crippen molar-refractivity contribution < 1.29 is 111 Å². The van der Waals surface area contributed by atoms with Crippen LogP contribution in [0.2, 0.25) is 0 Å². The van der Waals surface area contributed by atoms with E-state index in [-0.39, 0.29) is 6.61 Å². The van der Waals surface area contributed by atoms with E-state index in [0.29, 0.717) is 196 Å². The van der Waals surface area contributed by atoms with Gasteiger partial charge in [0.25, 0.3) is 0 Å². The van der Waals surface area contributed by atoms with Gasteiger partial charge in [-0.05, 0) is 173 Å². The van der Waals surface area contributed by atoms with E-state index in [2.05, 4.69) is 68.7 Å². The third kappa shape index (κ3) is 87.4. The maximum absolute atomic E-state index is 11.9. The summed E-state index contributed by atoms with van der Waals surface area (Å²) in [6.45, 7) is 23.5.